The molecule has 118 valence electrons. The number of likely N-dealkylation sites (N-methyl/N-ethyl adjacent to an activating group) is 1. The quantitative estimate of drug-likeness (QED) is 0.528. The first-order valence-corrected chi connectivity index (χ1v) is 8.35. The van der Waals surface area contributed by atoms with Gasteiger partial charge in [-0.05, 0) is 43.8 Å². The summed E-state index contributed by atoms with van der Waals surface area (Å²) in [7, 11) is 0. The van der Waals surface area contributed by atoms with Crippen LogP contribution in [0.5, 0.6) is 5.75 Å². The molecule has 0 aromatic heterocycles. The molecule has 0 saturated heterocycles. The van der Waals surface area contributed by atoms with Gasteiger partial charge in [0.25, 0.3) is 0 Å². The zero-order chi connectivity index (χ0) is 15.5. The van der Waals surface area contributed by atoms with Crippen LogP contribution in [0.15, 0.2) is 24.3 Å². The van der Waals surface area contributed by atoms with Gasteiger partial charge in [-0.15, -0.1) is 0 Å². The number of unbranched alkanes of at least 4 members (excludes halogenated alkanes) is 1. The molecule has 0 aliphatic carbocycles. The molecule has 3 nitrogen and oxygen atoms in total. The van der Waals surface area contributed by atoms with Crippen molar-refractivity contribution in [1.29, 1.82) is 0 Å². The van der Waals surface area contributed by atoms with Crippen molar-refractivity contribution in [2.45, 2.75) is 33.6 Å². The topological polar surface area (TPSA) is 24.5 Å². The molecule has 0 amide bonds. The maximum absolute atomic E-state index is 5.65. The molecule has 0 bridgehead atoms. The lowest BCUT2D eigenvalue weighted by Crippen LogP contribution is -2.34. The molecular formula is C17H28N2OS. The highest BCUT2D eigenvalue weighted by Crippen LogP contribution is 2.13. The predicted octanol–water partition coefficient (Wildman–Crippen LogP) is 3.47. The molecule has 1 aromatic rings. The molecule has 0 fully saturated rings. The Morgan fingerprint density at radius 3 is 2.38 bits per heavy atom. The minimum Gasteiger partial charge on any atom is -0.494 e. The van der Waals surface area contributed by atoms with E-state index in [1.165, 1.54) is 0 Å². The van der Waals surface area contributed by atoms with Gasteiger partial charge < -0.3 is 15.0 Å². The molecule has 0 atom stereocenters. The minimum atomic E-state index is 0.780. The minimum absolute atomic E-state index is 0.780. The summed E-state index contributed by atoms with van der Waals surface area (Å²) in [6, 6.07) is 8.02. The third kappa shape index (κ3) is 6.91. The van der Waals surface area contributed by atoms with Crippen LogP contribution in [-0.4, -0.2) is 42.7 Å². The van der Waals surface area contributed by atoms with Crippen LogP contribution in [0, 0.1) is 0 Å². The van der Waals surface area contributed by atoms with Crippen LogP contribution in [0.3, 0.4) is 0 Å². The van der Waals surface area contributed by atoms with E-state index >= 15 is 0 Å². The SMILES string of the molecule is CCCCOc1ccc(C(=S)NCCN(CC)CC)cc1. The number of ether oxygens (including phenoxy) is 1. The van der Waals surface area contributed by atoms with E-state index in [4.69, 9.17) is 17.0 Å². The zero-order valence-electron chi connectivity index (χ0n) is 13.5. The smallest absolute Gasteiger partial charge is 0.119 e. The molecule has 1 rings (SSSR count). The highest BCUT2D eigenvalue weighted by molar-refractivity contribution is 7.80. The first-order chi connectivity index (χ1) is 10.2. The van der Waals surface area contributed by atoms with Gasteiger partial charge in [0.15, 0.2) is 0 Å². The summed E-state index contributed by atoms with van der Waals surface area (Å²) in [5.74, 6) is 0.915. The van der Waals surface area contributed by atoms with Gasteiger partial charge in [-0.3, -0.25) is 0 Å². The molecule has 0 spiro atoms. The molecule has 0 radical (unpaired) electrons. The highest BCUT2D eigenvalue weighted by Gasteiger charge is 2.03. The van der Waals surface area contributed by atoms with Crippen LogP contribution in [0.25, 0.3) is 0 Å². The molecule has 1 aromatic carbocycles. The Kier molecular flexibility index (Phi) is 9.02. The van der Waals surface area contributed by atoms with Crippen LogP contribution in [-0.2, 0) is 0 Å². The van der Waals surface area contributed by atoms with Gasteiger partial charge in [0.05, 0.1) is 6.61 Å². The predicted molar refractivity (Wildman–Crippen MR) is 94.3 cm³/mol. The van der Waals surface area contributed by atoms with Crippen LogP contribution in [0.2, 0.25) is 0 Å². The van der Waals surface area contributed by atoms with Crippen molar-refractivity contribution in [2.75, 3.05) is 32.8 Å². The summed E-state index contributed by atoms with van der Waals surface area (Å²) in [5.41, 5.74) is 1.05. The van der Waals surface area contributed by atoms with Gasteiger partial charge in [-0.25, -0.2) is 0 Å². The van der Waals surface area contributed by atoms with E-state index in [-0.39, 0.29) is 0 Å². The Hall–Kier alpha value is -1.13. The lowest BCUT2D eigenvalue weighted by atomic mass is 10.2. The first-order valence-electron chi connectivity index (χ1n) is 7.94. The summed E-state index contributed by atoms with van der Waals surface area (Å²) in [4.78, 5) is 3.18. The summed E-state index contributed by atoms with van der Waals surface area (Å²) < 4.78 is 5.65. The lowest BCUT2D eigenvalue weighted by Gasteiger charge is -2.18. The van der Waals surface area contributed by atoms with Crippen LogP contribution >= 0.6 is 12.2 Å². The van der Waals surface area contributed by atoms with E-state index in [1.807, 2.05) is 24.3 Å². The molecule has 4 heteroatoms. The fourth-order valence-electron chi connectivity index (χ4n) is 2.01. The second kappa shape index (κ2) is 10.6. The molecule has 0 unspecified atom stereocenters. The summed E-state index contributed by atoms with van der Waals surface area (Å²) in [6.45, 7) is 11.4. The average Bonchev–Trinajstić information content (AvgIpc) is 2.52. The highest BCUT2D eigenvalue weighted by atomic mass is 32.1. The standard InChI is InChI=1S/C17H28N2OS/c1-4-7-14-20-16-10-8-15(9-11-16)17(21)18-12-13-19(5-2)6-3/h8-11H,4-7,12-14H2,1-3H3,(H,18,21). The molecule has 0 aliphatic heterocycles. The summed E-state index contributed by atoms with van der Waals surface area (Å²) in [6.07, 6.45) is 2.24. The molecule has 1 N–H and O–H groups in total. The van der Waals surface area contributed by atoms with Gasteiger partial charge in [0, 0.05) is 18.7 Å². The van der Waals surface area contributed by atoms with Gasteiger partial charge in [-0.2, -0.15) is 0 Å². The Bertz CT molecular complexity index is 402. The van der Waals surface area contributed by atoms with Crippen molar-refractivity contribution in [3.8, 4) is 5.75 Å². The van der Waals surface area contributed by atoms with E-state index in [9.17, 15) is 0 Å². The van der Waals surface area contributed by atoms with Crippen molar-refractivity contribution in [3.63, 3.8) is 0 Å². The van der Waals surface area contributed by atoms with E-state index in [2.05, 4.69) is 31.0 Å². The van der Waals surface area contributed by atoms with Crippen molar-refractivity contribution < 1.29 is 4.74 Å². The zero-order valence-corrected chi connectivity index (χ0v) is 14.3. The molecule has 0 saturated carbocycles. The van der Waals surface area contributed by atoms with Crippen molar-refractivity contribution in [1.82, 2.24) is 10.2 Å². The fraction of sp³-hybridized carbons (Fsp3) is 0.588. The Morgan fingerprint density at radius 2 is 1.81 bits per heavy atom. The maximum atomic E-state index is 5.65. The van der Waals surface area contributed by atoms with Crippen molar-refractivity contribution in [3.05, 3.63) is 29.8 Å². The lowest BCUT2D eigenvalue weighted by molar-refractivity contribution is 0.308. The van der Waals surface area contributed by atoms with Gasteiger partial charge in [0.1, 0.15) is 10.7 Å². The second-order valence-electron chi connectivity index (χ2n) is 5.01. The summed E-state index contributed by atoms with van der Waals surface area (Å²) >= 11 is 5.42. The molecule has 0 heterocycles. The Balaban J connectivity index is 2.37. The van der Waals surface area contributed by atoms with Crippen molar-refractivity contribution >= 4 is 17.2 Å². The number of hydrogen-bond donors (Lipinski definition) is 1. The van der Waals surface area contributed by atoms with E-state index < -0.39 is 0 Å². The van der Waals surface area contributed by atoms with E-state index in [0.717, 1.165) is 61.9 Å². The third-order valence-corrected chi connectivity index (χ3v) is 3.87. The van der Waals surface area contributed by atoms with Crippen LogP contribution in [0.1, 0.15) is 39.2 Å². The number of hydrogen-bond acceptors (Lipinski definition) is 3. The number of nitrogens with zero attached hydrogens (tertiary/aromatic N) is 1. The van der Waals surface area contributed by atoms with E-state index in [1.54, 1.807) is 0 Å². The Morgan fingerprint density at radius 1 is 1.14 bits per heavy atom. The molecule has 21 heavy (non-hydrogen) atoms. The van der Waals surface area contributed by atoms with Crippen LogP contribution < -0.4 is 10.1 Å². The first kappa shape index (κ1) is 17.9. The number of nitrogens with one attached hydrogen (secondary N) is 1. The molecule has 0 aliphatic rings. The van der Waals surface area contributed by atoms with Gasteiger partial charge >= 0.3 is 0 Å². The van der Waals surface area contributed by atoms with Gasteiger partial charge in [0.2, 0.25) is 0 Å². The van der Waals surface area contributed by atoms with Gasteiger partial charge in [-0.1, -0.05) is 39.4 Å². The fourth-order valence-corrected chi connectivity index (χ4v) is 2.24. The monoisotopic (exact) mass is 308 g/mol. The summed E-state index contributed by atoms with van der Waals surface area (Å²) in [5, 5.41) is 3.32. The van der Waals surface area contributed by atoms with Crippen molar-refractivity contribution in [2.24, 2.45) is 0 Å². The maximum Gasteiger partial charge on any atom is 0.119 e. The normalized spacial score (nSPS) is 10.7. The second-order valence-corrected chi connectivity index (χ2v) is 5.42. The van der Waals surface area contributed by atoms with E-state index in [0.29, 0.717) is 0 Å². The number of thiocarbonyl (C=S) groups is 1. The number of benzene rings is 1. The molecular weight excluding hydrogens is 280 g/mol. The third-order valence-electron chi connectivity index (χ3n) is 3.49. The number of rotatable bonds is 10. The largest absolute Gasteiger partial charge is 0.494 e. The average molecular weight is 308 g/mol. The Labute approximate surface area is 134 Å². The van der Waals surface area contributed by atoms with Crippen LogP contribution in [0.4, 0.5) is 0 Å².